The molecule has 0 aliphatic heterocycles. The summed E-state index contributed by atoms with van der Waals surface area (Å²) in [5, 5.41) is 1.26. The lowest BCUT2D eigenvalue weighted by Gasteiger charge is -1.94. The van der Waals surface area contributed by atoms with E-state index in [2.05, 4.69) is 60.4 Å². The monoisotopic (exact) mass is 321 g/mol. The summed E-state index contributed by atoms with van der Waals surface area (Å²) >= 11 is 0. The third-order valence-electron chi connectivity index (χ3n) is 4.07. The fourth-order valence-corrected chi connectivity index (χ4v) is 2.60. The number of aromatic nitrogens is 1. The Morgan fingerprint density at radius 2 is 1.62 bits per heavy atom. The Bertz CT molecular complexity index is 710. The number of Topliss-reactive ketones (excluding diaryl/α,β-unsaturated/α-hetero) is 1. The van der Waals surface area contributed by atoms with Crippen molar-refractivity contribution in [3.8, 4) is 11.3 Å². The van der Waals surface area contributed by atoms with E-state index in [9.17, 15) is 4.79 Å². The van der Waals surface area contributed by atoms with Crippen molar-refractivity contribution in [2.45, 2.75) is 46.0 Å². The van der Waals surface area contributed by atoms with Crippen LogP contribution in [-0.2, 0) is 4.79 Å². The fourth-order valence-electron chi connectivity index (χ4n) is 2.60. The SMILES string of the molecule is CCCCCC(=O)CC.c1ccc(-c2cc3ccccc3[nH]2)cc1. The fraction of sp³-hybridized carbons (Fsp3) is 0.318. The maximum absolute atomic E-state index is 10.7. The Kier molecular flexibility index (Phi) is 7.28. The number of benzene rings is 2. The molecule has 1 aromatic heterocycles. The molecule has 126 valence electrons. The molecule has 0 atom stereocenters. The van der Waals surface area contributed by atoms with Gasteiger partial charge in [0.05, 0.1) is 0 Å². The summed E-state index contributed by atoms with van der Waals surface area (Å²) < 4.78 is 0. The average Bonchev–Trinajstić information content (AvgIpc) is 3.07. The highest BCUT2D eigenvalue weighted by molar-refractivity contribution is 5.85. The molecular formula is C22H27NO. The molecule has 24 heavy (non-hydrogen) atoms. The van der Waals surface area contributed by atoms with Crippen LogP contribution in [0.5, 0.6) is 0 Å². The normalized spacial score (nSPS) is 10.2. The van der Waals surface area contributed by atoms with E-state index < -0.39 is 0 Å². The molecule has 0 saturated carbocycles. The molecule has 0 radical (unpaired) electrons. The van der Waals surface area contributed by atoms with Crippen LogP contribution in [0.15, 0.2) is 60.7 Å². The summed E-state index contributed by atoms with van der Waals surface area (Å²) in [6.45, 7) is 4.07. The maximum Gasteiger partial charge on any atom is 0.132 e. The maximum atomic E-state index is 10.7. The molecule has 0 bridgehead atoms. The van der Waals surface area contributed by atoms with Crippen LogP contribution in [0.1, 0.15) is 46.0 Å². The lowest BCUT2D eigenvalue weighted by Crippen LogP contribution is -1.93. The molecule has 0 amide bonds. The Morgan fingerprint density at radius 3 is 2.29 bits per heavy atom. The highest BCUT2D eigenvalue weighted by Gasteiger charge is 2.01. The number of unbranched alkanes of at least 4 members (excludes halogenated alkanes) is 2. The molecular weight excluding hydrogens is 294 g/mol. The van der Waals surface area contributed by atoms with Crippen molar-refractivity contribution in [1.29, 1.82) is 0 Å². The van der Waals surface area contributed by atoms with Gasteiger partial charge >= 0.3 is 0 Å². The molecule has 3 aromatic rings. The van der Waals surface area contributed by atoms with Crippen LogP contribution in [0.2, 0.25) is 0 Å². The van der Waals surface area contributed by atoms with Gasteiger partial charge in [-0.05, 0) is 24.1 Å². The molecule has 0 saturated heterocycles. The molecule has 2 aromatic carbocycles. The Hall–Kier alpha value is -2.35. The number of aromatic amines is 1. The summed E-state index contributed by atoms with van der Waals surface area (Å²) in [5.74, 6) is 0.406. The van der Waals surface area contributed by atoms with Crippen LogP contribution in [0, 0.1) is 0 Å². The van der Waals surface area contributed by atoms with Crippen LogP contribution in [0.3, 0.4) is 0 Å². The van der Waals surface area contributed by atoms with Crippen LogP contribution in [0.25, 0.3) is 22.2 Å². The van der Waals surface area contributed by atoms with Crippen molar-refractivity contribution in [3.63, 3.8) is 0 Å². The summed E-state index contributed by atoms with van der Waals surface area (Å²) in [6.07, 6.45) is 5.00. The quantitative estimate of drug-likeness (QED) is 0.525. The predicted octanol–water partition coefficient (Wildman–Crippen LogP) is 6.38. The molecule has 2 nitrogen and oxygen atoms in total. The topological polar surface area (TPSA) is 32.9 Å². The molecule has 1 N–H and O–H groups in total. The second-order valence-corrected chi connectivity index (χ2v) is 5.99. The minimum absolute atomic E-state index is 0.406. The van der Waals surface area contributed by atoms with Gasteiger partial charge in [0.15, 0.2) is 0 Å². The lowest BCUT2D eigenvalue weighted by molar-refractivity contribution is -0.118. The number of ketones is 1. The summed E-state index contributed by atoms with van der Waals surface area (Å²) in [4.78, 5) is 14.1. The van der Waals surface area contributed by atoms with Crippen LogP contribution >= 0.6 is 0 Å². The van der Waals surface area contributed by atoms with E-state index >= 15 is 0 Å². The van der Waals surface area contributed by atoms with Crippen LogP contribution in [0.4, 0.5) is 0 Å². The summed E-state index contributed by atoms with van der Waals surface area (Å²) in [5.41, 5.74) is 3.60. The average molecular weight is 321 g/mol. The van der Waals surface area contributed by atoms with Crippen molar-refractivity contribution in [2.75, 3.05) is 0 Å². The zero-order valence-electron chi connectivity index (χ0n) is 14.7. The number of hydrogen-bond acceptors (Lipinski definition) is 1. The number of carbonyl (C=O) groups is 1. The number of nitrogens with one attached hydrogen (secondary N) is 1. The molecule has 3 rings (SSSR count). The van der Waals surface area contributed by atoms with Gasteiger partial charge in [-0.25, -0.2) is 0 Å². The van der Waals surface area contributed by atoms with E-state index in [0.29, 0.717) is 12.2 Å². The minimum Gasteiger partial charge on any atom is -0.355 e. The Labute approximate surface area is 144 Å². The van der Waals surface area contributed by atoms with E-state index in [-0.39, 0.29) is 0 Å². The van der Waals surface area contributed by atoms with E-state index in [1.165, 1.54) is 35.0 Å². The Morgan fingerprint density at radius 1 is 0.917 bits per heavy atom. The highest BCUT2D eigenvalue weighted by atomic mass is 16.1. The first-order chi connectivity index (χ1) is 11.7. The number of H-pyrrole nitrogens is 1. The molecule has 0 aliphatic rings. The first-order valence-corrected chi connectivity index (χ1v) is 8.89. The van der Waals surface area contributed by atoms with E-state index in [4.69, 9.17) is 0 Å². The predicted molar refractivity (Wildman–Crippen MR) is 103 cm³/mol. The van der Waals surface area contributed by atoms with Gasteiger partial charge in [-0.2, -0.15) is 0 Å². The van der Waals surface area contributed by atoms with Gasteiger partial charge in [-0.1, -0.05) is 75.2 Å². The van der Waals surface area contributed by atoms with Gasteiger partial charge in [0.25, 0.3) is 0 Å². The zero-order chi connectivity index (χ0) is 17.2. The molecule has 0 spiro atoms. The second kappa shape index (κ2) is 9.71. The summed E-state index contributed by atoms with van der Waals surface area (Å²) in [6, 6.07) is 20.9. The van der Waals surface area contributed by atoms with Gasteiger partial charge in [0.1, 0.15) is 5.78 Å². The number of rotatable bonds is 6. The highest BCUT2D eigenvalue weighted by Crippen LogP contribution is 2.23. The molecule has 0 unspecified atom stereocenters. The van der Waals surface area contributed by atoms with E-state index in [1.54, 1.807) is 0 Å². The van der Waals surface area contributed by atoms with Crippen LogP contribution < -0.4 is 0 Å². The van der Waals surface area contributed by atoms with E-state index in [1.807, 2.05) is 19.1 Å². The van der Waals surface area contributed by atoms with Gasteiger partial charge in [-0.15, -0.1) is 0 Å². The van der Waals surface area contributed by atoms with Gasteiger partial charge in [0, 0.05) is 29.4 Å². The third kappa shape index (κ3) is 5.38. The third-order valence-corrected chi connectivity index (χ3v) is 4.07. The number of carbonyl (C=O) groups excluding carboxylic acids is 1. The Balaban J connectivity index is 0.000000202. The summed E-state index contributed by atoms with van der Waals surface area (Å²) in [7, 11) is 0. The zero-order valence-corrected chi connectivity index (χ0v) is 14.7. The standard InChI is InChI=1S/C14H11N.C8H16O/c1-2-6-11(7-3-1)14-10-12-8-4-5-9-13(12)15-14;1-3-5-6-7-8(9)4-2/h1-10,15H;3-7H2,1-2H3. The van der Waals surface area contributed by atoms with Gasteiger partial charge in [0.2, 0.25) is 0 Å². The molecule has 0 aliphatic carbocycles. The van der Waals surface area contributed by atoms with Crippen LogP contribution in [-0.4, -0.2) is 10.8 Å². The van der Waals surface area contributed by atoms with Crippen molar-refractivity contribution in [3.05, 3.63) is 60.7 Å². The molecule has 1 heterocycles. The van der Waals surface area contributed by atoms with Gasteiger partial charge < -0.3 is 4.98 Å². The van der Waals surface area contributed by atoms with Crippen molar-refractivity contribution < 1.29 is 4.79 Å². The molecule has 0 fully saturated rings. The molecule has 2 heteroatoms. The number of fused-ring (bicyclic) bond motifs is 1. The van der Waals surface area contributed by atoms with Crippen molar-refractivity contribution >= 4 is 16.7 Å². The van der Waals surface area contributed by atoms with Crippen molar-refractivity contribution in [1.82, 2.24) is 4.98 Å². The van der Waals surface area contributed by atoms with Crippen molar-refractivity contribution in [2.24, 2.45) is 0 Å². The minimum atomic E-state index is 0.406. The van der Waals surface area contributed by atoms with E-state index in [0.717, 1.165) is 12.8 Å². The number of para-hydroxylation sites is 1. The first kappa shape index (κ1) is 18.0. The second-order valence-electron chi connectivity index (χ2n) is 5.99. The first-order valence-electron chi connectivity index (χ1n) is 8.89. The van der Waals surface area contributed by atoms with Gasteiger partial charge in [-0.3, -0.25) is 4.79 Å². The number of hydrogen-bond donors (Lipinski definition) is 1. The largest absolute Gasteiger partial charge is 0.355 e. The lowest BCUT2D eigenvalue weighted by atomic mass is 10.1. The smallest absolute Gasteiger partial charge is 0.132 e.